The molecule has 132 valence electrons. The summed E-state index contributed by atoms with van der Waals surface area (Å²) in [4.78, 5) is 15.4. The van der Waals surface area contributed by atoms with E-state index in [4.69, 9.17) is 4.74 Å². The topological polar surface area (TPSA) is 59.4 Å². The van der Waals surface area contributed by atoms with Gasteiger partial charge >= 0.3 is 5.97 Å². The number of aryl methyl sites for hydroxylation is 2. The zero-order chi connectivity index (χ0) is 17.6. The first-order valence-electron chi connectivity index (χ1n) is 9.11. The summed E-state index contributed by atoms with van der Waals surface area (Å²) in [5.41, 5.74) is 3.98. The highest BCUT2D eigenvalue weighted by Crippen LogP contribution is 2.36. The van der Waals surface area contributed by atoms with Crippen molar-refractivity contribution >= 4 is 5.97 Å². The van der Waals surface area contributed by atoms with Crippen LogP contribution < -0.4 is 4.74 Å². The Morgan fingerprint density at radius 3 is 3.04 bits per heavy atom. The predicted octanol–water partition coefficient (Wildman–Crippen LogP) is 4.62. The monoisotopic (exact) mass is 339 g/mol. The zero-order valence-corrected chi connectivity index (χ0v) is 14.7. The van der Waals surface area contributed by atoms with Gasteiger partial charge in [0.1, 0.15) is 5.75 Å². The number of rotatable bonds is 7. The Kier molecular flexibility index (Phi) is 5.69. The van der Waals surface area contributed by atoms with Gasteiger partial charge in [-0.25, -0.2) is 4.79 Å². The van der Waals surface area contributed by atoms with Gasteiger partial charge in [-0.05, 0) is 79.3 Å². The lowest BCUT2D eigenvalue weighted by atomic mass is 9.79. The smallest absolute Gasteiger partial charge is 0.336 e. The van der Waals surface area contributed by atoms with Gasteiger partial charge in [-0.15, -0.1) is 0 Å². The fourth-order valence-electron chi connectivity index (χ4n) is 3.67. The zero-order valence-electron chi connectivity index (χ0n) is 14.7. The number of carboxylic acids is 1. The first-order chi connectivity index (χ1) is 12.2. The number of nitrogens with zero attached hydrogens (tertiary/aromatic N) is 1. The van der Waals surface area contributed by atoms with Crippen LogP contribution in [0.1, 0.15) is 65.6 Å². The number of aromatic nitrogens is 1. The van der Waals surface area contributed by atoms with E-state index in [0.29, 0.717) is 11.5 Å². The molecular weight excluding hydrogens is 314 g/mol. The number of benzene rings is 1. The average molecular weight is 339 g/mol. The largest absolute Gasteiger partial charge is 0.494 e. The molecule has 1 aliphatic carbocycles. The Labute approximate surface area is 148 Å². The fourth-order valence-corrected chi connectivity index (χ4v) is 3.67. The Morgan fingerprint density at radius 2 is 2.24 bits per heavy atom. The van der Waals surface area contributed by atoms with Crippen molar-refractivity contribution in [2.24, 2.45) is 0 Å². The van der Waals surface area contributed by atoms with Gasteiger partial charge in [0.05, 0.1) is 12.2 Å². The Bertz CT molecular complexity index is 742. The third-order valence-corrected chi connectivity index (χ3v) is 4.92. The number of carbonyl (C=O) groups is 1. The number of carboxylic acid groups (broad SMARTS) is 1. The summed E-state index contributed by atoms with van der Waals surface area (Å²) in [5, 5.41) is 9.32. The van der Waals surface area contributed by atoms with E-state index in [-0.39, 0.29) is 0 Å². The number of hydrogen-bond donors (Lipinski definition) is 1. The number of aromatic carboxylic acids is 1. The maximum absolute atomic E-state index is 11.4. The van der Waals surface area contributed by atoms with Gasteiger partial charge in [0.15, 0.2) is 0 Å². The number of ether oxygens (including phenoxy) is 1. The molecule has 1 aromatic carbocycles. The lowest BCUT2D eigenvalue weighted by molar-refractivity contribution is 0.0695. The van der Waals surface area contributed by atoms with E-state index in [0.717, 1.165) is 50.0 Å². The van der Waals surface area contributed by atoms with Crippen LogP contribution in [0.25, 0.3) is 0 Å². The van der Waals surface area contributed by atoms with Crippen molar-refractivity contribution in [2.75, 3.05) is 6.61 Å². The summed E-state index contributed by atoms with van der Waals surface area (Å²) in [5.74, 6) is 0.562. The van der Waals surface area contributed by atoms with Gasteiger partial charge in [0.2, 0.25) is 0 Å². The Balaban J connectivity index is 1.72. The van der Waals surface area contributed by atoms with Crippen LogP contribution in [-0.2, 0) is 12.8 Å². The molecule has 2 aromatic rings. The second kappa shape index (κ2) is 8.15. The lowest BCUT2D eigenvalue weighted by Crippen LogP contribution is -2.12. The van der Waals surface area contributed by atoms with E-state index < -0.39 is 5.97 Å². The number of fused-ring (bicyclic) bond motifs is 1. The van der Waals surface area contributed by atoms with E-state index in [1.807, 2.05) is 0 Å². The molecule has 0 unspecified atom stereocenters. The predicted molar refractivity (Wildman–Crippen MR) is 97.4 cm³/mol. The molecule has 0 spiro atoms. The molecule has 1 aromatic heterocycles. The first kappa shape index (κ1) is 17.5. The molecule has 4 heteroatoms. The second-order valence-corrected chi connectivity index (χ2v) is 6.67. The molecule has 0 radical (unpaired) electrons. The maximum Gasteiger partial charge on any atom is 0.336 e. The maximum atomic E-state index is 11.4. The van der Waals surface area contributed by atoms with Crippen molar-refractivity contribution < 1.29 is 14.6 Å². The van der Waals surface area contributed by atoms with Crippen LogP contribution in [0.15, 0.2) is 36.7 Å². The minimum absolute atomic E-state index is 0.370. The van der Waals surface area contributed by atoms with Crippen LogP contribution >= 0.6 is 0 Å². The van der Waals surface area contributed by atoms with Crippen molar-refractivity contribution in [2.45, 2.75) is 51.4 Å². The first-order valence-corrected chi connectivity index (χ1v) is 9.11. The molecule has 3 rings (SSSR count). The molecule has 1 N–H and O–H groups in total. The molecule has 0 aliphatic heterocycles. The highest BCUT2D eigenvalue weighted by atomic mass is 16.5. The average Bonchev–Trinajstić information content (AvgIpc) is 2.64. The Morgan fingerprint density at radius 1 is 1.36 bits per heavy atom. The summed E-state index contributed by atoms with van der Waals surface area (Å²) < 4.78 is 5.75. The van der Waals surface area contributed by atoms with Crippen molar-refractivity contribution in [1.82, 2.24) is 4.98 Å². The standard InChI is InChI=1S/C21H25NO3/c1-2-12-25-18-8-9-19-15(4-3-5-16(19)13-18)6-7-17-14-22-11-10-20(17)21(23)24/h8-11,13-15H,2-7,12H2,1H3,(H,23,24)/t15-/m1/s1. The lowest BCUT2D eigenvalue weighted by Gasteiger charge is -2.26. The molecule has 1 heterocycles. The minimum Gasteiger partial charge on any atom is -0.494 e. The van der Waals surface area contributed by atoms with Gasteiger partial charge in [-0.1, -0.05) is 13.0 Å². The third-order valence-electron chi connectivity index (χ3n) is 4.92. The van der Waals surface area contributed by atoms with Crippen LogP contribution in [0.3, 0.4) is 0 Å². The quantitative estimate of drug-likeness (QED) is 0.799. The molecule has 0 bridgehead atoms. The van der Waals surface area contributed by atoms with E-state index in [9.17, 15) is 9.90 Å². The van der Waals surface area contributed by atoms with Crippen molar-refractivity contribution in [3.8, 4) is 5.75 Å². The van der Waals surface area contributed by atoms with Crippen LogP contribution in [0.2, 0.25) is 0 Å². The van der Waals surface area contributed by atoms with E-state index in [1.54, 1.807) is 18.5 Å². The minimum atomic E-state index is -0.876. The molecule has 0 saturated heterocycles. The molecule has 4 nitrogen and oxygen atoms in total. The van der Waals surface area contributed by atoms with Crippen molar-refractivity contribution in [1.29, 1.82) is 0 Å². The Hall–Kier alpha value is -2.36. The van der Waals surface area contributed by atoms with Crippen LogP contribution in [-0.4, -0.2) is 22.7 Å². The molecule has 1 atom stereocenters. The third kappa shape index (κ3) is 4.19. The summed E-state index contributed by atoms with van der Waals surface area (Å²) >= 11 is 0. The molecule has 0 saturated carbocycles. The van der Waals surface area contributed by atoms with Crippen LogP contribution in [0.5, 0.6) is 5.75 Å². The molecule has 0 amide bonds. The van der Waals surface area contributed by atoms with Gasteiger partial charge in [-0.2, -0.15) is 0 Å². The summed E-state index contributed by atoms with van der Waals surface area (Å²) in [7, 11) is 0. The number of hydrogen-bond acceptors (Lipinski definition) is 3. The molecular formula is C21H25NO3. The fraction of sp³-hybridized carbons (Fsp3) is 0.429. The molecule has 25 heavy (non-hydrogen) atoms. The van der Waals surface area contributed by atoms with Gasteiger partial charge in [0, 0.05) is 12.4 Å². The summed E-state index contributed by atoms with van der Waals surface area (Å²) in [6.07, 6.45) is 9.37. The van der Waals surface area contributed by atoms with Crippen molar-refractivity contribution in [3.05, 3.63) is 58.9 Å². The highest BCUT2D eigenvalue weighted by Gasteiger charge is 2.21. The van der Waals surface area contributed by atoms with Gasteiger partial charge < -0.3 is 9.84 Å². The van der Waals surface area contributed by atoms with E-state index in [2.05, 4.69) is 30.1 Å². The van der Waals surface area contributed by atoms with Crippen LogP contribution in [0.4, 0.5) is 0 Å². The second-order valence-electron chi connectivity index (χ2n) is 6.67. The van der Waals surface area contributed by atoms with E-state index in [1.165, 1.54) is 17.5 Å². The van der Waals surface area contributed by atoms with Gasteiger partial charge in [-0.3, -0.25) is 4.98 Å². The SMILES string of the molecule is CCCOc1ccc2c(c1)CCC[C@@H]2CCc1cnccc1C(=O)O. The van der Waals surface area contributed by atoms with E-state index >= 15 is 0 Å². The summed E-state index contributed by atoms with van der Waals surface area (Å²) in [6, 6.07) is 8.04. The van der Waals surface area contributed by atoms with Crippen molar-refractivity contribution in [3.63, 3.8) is 0 Å². The van der Waals surface area contributed by atoms with Gasteiger partial charge in [0.25, 0.3) is 0 Å². The highest BCUT2D eigenvalue weighted by molar-refractivity contribution is 5.89. The number of pyridine rings is 1. The molecule has 0 fully saturated rings. The summed E-state index contributed by atoms with van der Waals surface area (Å²) in [6.45, 7) is 2.86. The normalized spacial score (nSPS) is 16.3. The molecule has 1 aliphatic rings. The van der Waals surface area contributed by atoms with Crippen LogP contribution in [0, 0.1) is 0 Å².